The summed E-state index contributed by atoms with van der Waals surface area (Å²) in [5, 5.41) is 6.40. The Morgan fingerprint density at radius 2 is 2.25 bits per heavy atom. The van der Waals surface area contributed by atoms with Gasteiger partial charge in [0.15, 0.2) is 0 Å². The fraction of sp³-hybridized carbons (Fsp3) is 0.727. The van der Waals surface area contributed by atoms with E-state index in [1.54, 1.807) is 11.3 Å². The van der Waals surface area contributed by atoms with Gasteiger partial charge in [-0.1, -0.05) is 0 Å². The lowest BCUT2D eigenvalue weighted by molar-refractivity contribution is 0.588. The minimum absolute atomic E-state index is 0.119. The summed E-state index contributed by atoms with van der Waals surface area (Å²) in [7, 11) is -0.780. The van der Waals surface area contributed by atoms with Gasteiger partial charge in [-0.15, -0.1) is 11.3 Å². The van der Waals surface area contributed by atoms with E-state index in [0.29, 0.717) is 5.75 Å². The normalized spacial score (nSPS) is 16.0. The van der Waals surface area contributed by atoms with Gasteiger partial charge in [-0.25, -0.2) is 4.98 Å². The van der Waals surface area contributed by atoms with Crippen LogP contribution in [0.2, 0.25) is 0 Å². The predicted octanol–water partition coefficient (Wildman–Crippen LogP) is 2.34. The van der Waals surface area contributed by atoms with Gasteiger partial charge < -0.3 is 5.32 Å². The van der Waals surface area contributed by atoms with Crippen molar-refractivity contribution in [3.05, 3.63) is 16.6 Å². The second-order valence-corrected chi connectivity index (χ2v) is 7.96. The lowest BCUT2D eigenvalue weighted by Gasteiger charge is -2.18. The lowest BCUT2D eigenvalue weighted by atomic mass is 10.3. The van der Waals surface area contributed by atoms with Crippen molar-refractivity contribution in [2.24, 2.45) is 0 Å². The summed E-state index contributed by atoms with van der Waals surface area (Å²) in [5.74, 6) is 0.694. The largest absolute Gasteiger partial charge is 0.307 e. The first-order valence-corrected chi connectivity index (χ1v) is 7.62. The molecule has 0 saturated heterocycles. The van der Waals surface area contributed by atoms with Gasteiger partial charge in [0, 0.05) is 39.4 Å². The maximum Gasteiger partial charge on any atom is 0.109 e. The van der Waals surface area contributed by atoms with Crippen molar-refractivity contribution in [1.82, 2.24) is 10.3 Å². The molecule has 2 atom stereocenters. The molecule has 0 aromatic carbocycles. The highest BCUT2D eigenvalue weighted by molar-refractivity contribution is 7.86. The van der Waals surface area contributed by atoms with Gasteiger partial charge in [-0.3, -0.25) is 4.21 Å². The summed E-state index contributed by atoms with van der Waals surface area (Å²) in [6.07, 6.45) is 1.81. The third kappa shape index (κ3) is 4.31. The van der Waals surface area contributed by atoms with E-state index in [9.17, 15) is 4.21 Å². The van der Waals surface area contributed by atoms with E-state index in [-0.39, 0.29) is 10.8 Å². The summed E-state index contributed by atoms with van der Waals surface area (Å²) < 4.78 is 11.7. The highest BCUT2D eigenvalue weighted by Gasteiger charge is 2.19. The van der Waals surface area contributed by atoms with E-state index in [1.807, 2.05) is 32.3 Å². The Bertz CT molecular complexity index is 330. The second kappa shape index (κ2) is 5.89. The lowest BCUT2D eigenvalue weighted by Crippen LogP contribution is -2.30. The third-order valence-electron chi connectivity index (χ3n) is 2.24. The molecule has 5 heteroatoms. The maximum absolute atomic E-state index is 11.8. The molecule has 0 amide bonds. The van der Waals surface area contributed by atoms with Crippen LogP contribution in [0, 0.1) is 0 Å². The zero-order valence-electron chi connectivity index (χ0n) is 10.3. The Kier molecular flexibility index (Phi) is 5.08. The maximum atomic E-state index is 11.8. The number of hydrogen-bond donors (Lipinski definition) is 1. The molecule has 0 aliphatic rings. The van der Waals surface area contributed by atoms with Crippen molar-refractivity contribution in [3.8, 4) is 0 Å². The van der Waals surface area contributed by atoms with Crippen LogP contribution in [0.15, 0.2) is 11.6 Å². The molecule has 0 spiro atoms. The smallest absolute Gasteiger partial charge is 0.109 e. The van der Waals surface area contributed by atoms with Crippen LogP contribution in [-0.2, 0) is 10.8 Å². The highest BCUT2D eigenvalue weighted by atomic mass is 32.2. The molecule has 0 aliphatic heterocycles. The van der Waals surface area contributed by atoms with Gasteiger partial charge in [0.2, 0.25) is 0 Å². The Balaban J connectivity index is 2.29. The van der Waals surface area contributed by atoms with Crippen molar-refractivity contribution >= 4 is 22.1 Å². The van der Waals surface area contributed by atoms with Gasteiger partial charge in [0.25, 0.3) is 0 Å². The van der Waals surface area contributed by atoms with Crippen LogP contribution in [-0.4, -0.2) is 26.2 Å². The van der Waals surface area contributed by atoms with Crippen molar-refractivity contribution in [1.29, 1.82) is 0 Å². The molecule has 1 heterocycles. The minimum Gasteiger partial charge on any atom is -0.307 e. The van der Waals surface area contributed by atoms with Gasteiger partial charge in [-0.2, -0.15) is 0 Å². The van der Waals surface area contributed by atoms with Crippen LogP contribution in [0.4, 0.5) is 0 Å². The number of thiazole rings is 1. The molecule has 1 aromatic rings. The zero-order chi connectivity index (χ0) is 12.2. The standard InChI is InChI=1S/C11H20N2OS2/c1-9(10-13-5-7-15-10)12-6-8-16(14)11(2,3)4/h5,7,9,12H,6,8H2,1-4H3. The van der Waals surface area contributed by atoms with Crippen molar-refractivity contribution in [3.63, 3.8) is 0 Å². The van der Waals surface area contributed by atoms with Crippen molar-refractivity contribution < 1.29 is 4.21 Å². The Morgan fingerprint density at radius 1 is 1.56 bits per heavy atom. The molecule has 1 N–H and O–H groups in total. The quantitative estimate of drug-likeness (QED) is 0.883. The molecular weight excluding hydrogens is 240 g/mol. The van der Waals surface area contributed by atoms with Crippen LogP contribution in [0.5, 0.6) is 0 Å². The van der Waals surface area contributed by atoms with E-state index in [1.165, 1.54) is 0 Å². The number of nitrogens with one attached hydrogen (secondary N) is 1. The molecule has 16 heavy (non-hydrogen) atoms. The molecule has 3 nitrogen and oxygen atoms in total. The number of nitrogens with zero attached hydrogens (tertiary/aromatic N) is 1. The van der Waals surface area contributed by atoms with Crippen molar-refractivity contribution in [2.75, 3.05) is 12.3 Å². The summed E-state index contributed by atoms with van der Waals surface area (Å²) in [6.45, 7) is 8.87. The first-order chi connectivity index (χ1) is 7.41. The van der Waals surface area contributed by atoms with E-state index < -0.39 is 10.8 Å². The van der Waals surface area contributed by atoms with Gasteiger partial charge >= 0.3 is 0 Å². The molecule has 1 rings (SSSR count). The summed E-state index contributed by atoms with van der Waals surface area (Å²) in [4.78, 5) is 4.24. The van der Waals surface area contributed by atoms with E-state index >= 15 is 0 Å². The zero-order valence-corrected chi connectivity index (χ0v) is 12.0. The predicted molar refractivity (Wildman–Crippen MR) is 71.3 cm³/mol. The van der Waals surface area contributed by atoms with Crippen LogP contribution >= 0.6 is 11.3 Å². The SMILES string of the molecule is CC(NCCS(=O)C(C)(C)C)c1nccs1. The molecule has 0 fully saturated rings. The first-order valence-electron chi connectivity index (χ1n) is 5.42. The molecule has 0 bridgehead atoms. The van der Waals surface area contributed by atoms with Crippen LogP contribution in [0.25, 0.3) is 0 Å². The van der Waals surface area contributed by atoms with Crippen LogP contribution in [0.3, 0.4) is 0 Å². The average Bonchev–Trinajstić information content (AvgIpc) is 2.68. The molecule has 0 aliphatic carbocycles. The van der Waals surface area contributed by atoms with Gasteiger partial charge in [0.05, 0.1) is 6.04 Å². The number of rotatable bonds is 5. The van der Waals surface area contributed by atoms with E-state index in [0.717, 1.165) is 11.6 Å². The highest BCUT2D eigenvalue weighted by Crippen LogP contribution is 2.15. The molecule has 92 valence electrons. The Hall–Kier alpha value is -0.260. The monoisotopic (exact) mass is 260 g/mol. The summed E-state index contributed by atoms with van der Waals surface area (Å²) in [6, 6.07) is 0.247. The summed E-state index contributed by atoms with van der Waals surface area (Å²) >= 11 is 1.65. The van der Waals surface area contributed by atoms with Gasteiger partial charge in [0.1, 0.15) is 5.01 Å². The summed E-state index contributed by atoms with van der Waals surface area (Å²) in [5.41, 5.74) is 0. The van der Waals surface area contributed by atoms with E-state index in [4.69, 9.17) is 0 Å². The first kappa shape index (κ1) is 13.8. The average molecular weight is 260 g/mol. The third-order valence-corrected chi connectivity index (χ3v) is 5.14. The van der Waals surface area contributed by atoms with Crippen LogP contribution < -0.4 is 5.32 Å². The fourth-order valence-electron chi connectivity index (χ4n) is 1.21. The molecule has 1 aromatic heterocycles. The molecule has 0 saturated carbocycles. The molecular formula is C11H20N2OS2. The Labute approximate surface area is 104 Å². The minimum atomic E-state index is -0.780. The molecule has 0 radical (unpaired) electrons. The molecule has 2 unspecified atom stereocenters. The van der Waals surface area contributed by atoms with E-state index in [2.05, 4.69) is 17.2 Å². The fourth-order valence-corrected chi connectivity index (χ4v) is 2.80. The second-order valence-electron chi connectivity index (χ2n) is 4.71. The van der Waals surface area contributed by atoms with Gasteiger partial charge in [-0.05, 0) is 27.7 Å². The number of hydrogen-bond acceptors (Lipinski definition) is 4. The number of aromatic nitrogens is 1. The van der Waals surface area contributed by atoms with Crippen molar-refractivity contribution in [2.45, 2.75) is 38.5 Å². The Morgan fingerprint density at radius 3 is 2.75 bits per heavy atom. The topological polar surface area (TPSA) is 42.0 Å². The van der Waals surface area contributed by atoms with Crippen LogP contribution in [0.1, 0.15) is 38.7 Å².